The Labute approximate surface area is 366 Å². The summed E-state index contributed by atoms with van der Waals surface area (Å²) in [5, 5.41) is 7.25. The molecule has 0 aliphatic carbocycles. The second-order valence-electron chi connectivity index (χ2n) is 16.0. The zero-order chi connectivity index (χ0) is 41.4. The molecule has 0 saturated carbocycles. The van der Waals surface area contributed by atoms with E-state index in [0.717, 1.165) is 49.8 Å². The van der Waals surface area contributed by atoms with E-state index in [-0.39, 0.29) is 0 Å². The first kappa shape index (κ1) is 35.6. The summed E-state index contributed by atoms with van der Waals surface area (Å²) in [6.07, 6.45) is 0. The van der Waals surface area contributed by atoms with Crippen molar-refractivity contribution < 1.29 is 0 Å². The van der Waals surface area contributed by atoms with Gasteiger partial charge in [-0.15, -0.1) is 11.3 Å². The monoisotopic (exact) mass is 821 g/mol. The van der Waals surface area contributed by atoms with E-state index < -0.39 is 0 Å². The molecule has 0 saturated heterocycles. The van der Waals surface area contributed by atoms with Crippen LogP contribution in [0.25, 0.3) is 120 Å². The van der Waals surface area contributed by atoms with E-state index in [9.17, 15) is 0 Å². The third kappa shape index (κ3) is 5.59. The fourth-order valence-corrected chi connectivity index (χ4v) is 10.9. The zero-order valence-electron chi connectivity index (χ0n) is 33.9. The smallest absolute Gasteiger partial charge is 0.164 e. The maximum Gasteiger partial charge on any atom is 0.164 e. The molecule has 0 amide bonds. The molecular weight excluding hydrogens is 787 g/mol. The number of hydrogen-bond donors (Lipinski definition) is 0. The largest absolute Gasteiger partial charge is 0.309 e. The standard InChI is InChI=1S/C57H35N5S/c1-4-17-36(18-5-1)38-21-14-22-39(35-38)56-58-55(37-19-6-2-7-20-37)59-57(60-56)45-27-15-30-48-51(45)43-33-34-44-52-49(62-46-28-12-10-25-41(46)42-26-11-13-29-47(42)62)31-16-32-50(52)63-54(44)53(43)61(48)40-23-8-3-9-24-40/h1-35H. The molecule has 0 bridgehead atoms. The normalized spacial score (nSPS) is 11.8. The molecule has 0 aliphatic rings. The first-order valence-electron chi connectivity index (χ1n) is 21.2. The van der Waals surface area contributed by atoms with Crippen molar-refractivity contribution in [3.63, 3.8) is 0 Å². The van der Waals surface area contributed by atoms with Crippen LogP contribution >= 0.6 is 11.3 Å². The SMILES string of the molecule is c1ccc(-c2cccc(-c3nc(-c4ccccc4)nc(-c4cccc5c4c4ccc6c(sc7cccc(-n8c9ccccc9c9ccccc98)c76)c4n5-c4ccccc4)n3)c2)cc1. The van der Waals surface area contributed by atoms with Gasteiger partial charge in [0.2, 0.25) is 0 Å². The lowest BCUT2D eigenvalue weighted by Crippen LogP contribution is -2.00. The lowest BCUT2D eigenvalue weighted by Gasteiger charge is -2.11. The van der Waals surface area contributed by atoms with Crippen LogP contribution in [0.15, 0.2) is 212 Å². The van der Waals surface area contributed by atoms with Gasteiger partial charge in [-0.1, -0.05) is 164 Å². The van der Waals surface area contributed by atoms with Gasteiger partial charge in [0.25, 0.3) is 0 Å². The summed E-state index contributed by atoms with van der Waals surface area (Å²) in [5.41, 5.74) is 12.0. The molecular formula is C57H35N5S. The van der Waals surface area contributed by atoms with Crippen LogP contribution in [-0.4, -0.2) is 24.1 Å². The molecule has 6 heteroatoms. The molecule has 13 rings (SSSR count). The summed E-state index contributed by atoms with van der Waals surface area (Å²) in [6.45, 7) is 0. The molecule has 0 N–H and O–H groups in total. The molecule has 0 fully saturated rings. The summed E-state index contributed by atoms with van der Waals surface area (Å²) < 4.78 is 7.37. The molecule has 13 aromatic rings. The third-order valence-electron chi connectivity index (χ3n) is 12.4. The van der Waals surface area contributed by atoms with E-state index in [0.29, 0.717) is 17.5 Å². The number of nitrogens with zero attached hydrogens (tertiary/aromatic N) is 5. The van der Waals surface area contributed by atoms with Gasteiger partial charge in [0, 0.05) is 59.4 Å². The first-order chi connectivity index (χ1) is 31.3. The Kier molecular flexibility index (Phi) is 8.01. The van der Waals surface area contributed by atoms with Crippen LogP contribution in [0.1, 0.15) is 0 Å². The molecule has 294 valence electrons. The van der Waals surface area contributed by atoms with E-state index in [2.05, 4.69) is 197 Å². The average molecular weight is 822 g/mol. The van der Waals surface area contributed by atoms with Crippen molar-refractivity contribution in [3.05, 3.63) is 212 Å². The predicted octanol–water partition coefficient (Wildman–Crippen LogP) is 15.1. The minimum absolute atomic E-state index is 0.630. The van der Waals surface area contributed by atoms with Crippen LogP contribution < -0.4 is 0 Å². The van der Waals surface area contributed by atoms with Crippen LogP contribution in [-0.2, 0) is 0 Å². The van der Waals surface area contributed by atoms with E-state index in [1.807, 2.05) is 35.6 Å². The molecule has 63 heavy (non-hydrogen) atoms. The molecule has 4 heterocycles. The fraction of sp³-hybridized carbons (Fsp3) is 0. The second-order valence-corrected chi connectivity index (χ2v) is 17.0. The summed E-state index contributed by atoms with van der Waals surface area (Å²) in [4.78, 5) is 15.7. The Balaban J connectivity index is 1.09. The van der Waals surface area contributed by atoms with Crippen LogP contribution in [0, 0.1) is 0 Å². The number of fused-ring (bicyclic) bond motifs is 10. The lowest BCUT2D eigenvalue weighted by atomic mass is 10.0. The predicted molar refractivity (Wildman–Crippen MR) is 263 cm³/mol. The zero-order valence-corrected chi connectivity index (χ0v) is 34.7. The van der Waals surface area contributed by atoms with E-state index >= 15 is 0 Å². The van der Waals surface area contributed by atoms with Crippen LogP contribution in [0.5, 0.6) is 0 Å². The van der Waals surface area contributed by atoms with Crippen molar-refractivity contribution in [1.29, 1.82) is 0 Å². The highest BCUT2D eigenvalue weighted by atomic mass is 32.1. The molecule has 4 aromatic heterocycles. The Bertz CT molecular complexity index is 3850. The van der Waals surface area contributed by atoms with Gasteiger partial charge in [0.15, 0.2) is 17.5 Å². The Morgan fingerprint density at radius 1 is 0.349 bits per heavy atom. The second kappa shape index (κ2) is 14.2. The minimum atomic E-state index is 0.630. The van der Waals surface area contributed by atoms with Crippen molar-refractivity contribution in [2.45, 2.75) is 0 Å². The van der Waals surface area contributed by atoms with Crippen molar-refractivity contribution in [3.8, 4) is 56.7 Å². The average Bonchev–Trinajstić information content (AvgIpc) is 4.03. The van der Waals surface area contributed by atoms with Gasteiger partial charge in [0.05, 0.1) is 32.5 Å². The minimum Gasteiger partial charge on any atom is -0.309 e. The molecule has 0 unspecified atom stereocenters. The van der Waals surface area contributed by atoms with E-state index in [1.54, 1.807) is 0 Å². The van der Waals surface area contributed by atoms with Gasteiger partial charge >= 0.3 is 0 Å². The van der Waals surface area contributed by atoms with Crippen LogP contribution in [0.2, 0.25) is 0 Å². The van der Waals surface area contributed by atoms with Crippen molar-refractivity contribution in [2.24, 2.45) is 0 Å². The van der Waals surface area contributed by atoms with Crippen LogP contribution in [0.3, 0.4) is 0 Å². The number of aromatic nitrogens is 5. The molecule has 9 aromatic carbocycles. The Morgan fingerprint density at radius 2 is 0.905 bits per heavy atom. The molecule has 0 aliphatic heterocycles. The number of rotatable bonds is 6. The van der Waals surface area contributed by atoms with E-state index in [1.165, 1.54) is 53.2 Å². The van der Waals surface area contributed by atoms with Gasteiger partial charge in [-0.05, 0) is 59.7 Å². The lowest BCUT2D eigenvalue weighted by molar-refractivity contribution is 1.08. The quantitative estimate of drug-likeness (QED) is 0.168. The van der Waals surface area contributed by atoms with Gasteiger partial charge < -0.3 is 9.13 Å². The van der Waals surface area contributed by atoms with Crippen LogP contribution in [0.4, 0.5) is 0 Å². The van der Waals surface area contributed by atoms with Gasteiger partial charge in [-0.3, -0.25) is 0 Å². The van der Waals surface area contributed by atoms with Crippen molar-refractivity contribution in [1.82, 2.24) is 24.1 Å². The topological polar surface area (TPSA) is 48.5 Å². The summed E-state index contributed by atoms with van der Waals surface area (Å²) in [6, 6.07) is 75.4. The molecule has 0 atom stereocenters. The molecule has 5 nitrogen and oxygen atoms in total. The van der Waals surface area contributed by atoms with E-state index in [4.69, 9.17) is 15.0 Å². The highest BCUT2D eigenvalue weighted by molar-refractivity contribution is 7.26. The Morgan fingerprint density at radius 3 is 1.65 bits per heavy atom. The number of thiophene rings is 1. The summed E-state index contributed by atoms with van der Waals surface area (Å²) >= 11 is 1.86. The highest BCUT2D eigenvalue weighted by Crippen LogP contribution is 2.47. The van der Waals surface area contributed by atoms with Gasteiger partial charge in [0.1, 0.15) is 0 Å². The van der Waals surface area contributed by atoms with Gasteiger partial charge in [-0.25, -0.2) is 15.0 Å². The Hall–Kier alpha value is -8.19. The third-order valence-corrected chi connectivity index (χ3v) is 13.5. The number of benzene rings is 9. The first-order valence-corrected chi connectivity index (χ1v) is 22.0. The summed E-state index contributed by atoms with van der Waals surface area (Å²) in [7, 11) is 0. The summed E-state index contributed by atoms with van der Waals surface area (Å²) in [5.74, 6) is 1.89. The number of para-hydroxylation sites is 3. The molecule has 0 radical (unpaired) electrons. The maximum absolute atomic E-state index is 5.33. The maximum atomic E-state index is 5.33. The fourth-order valence-electron chi connectivity index (χ4n) is 9.62. The number of hydrogen-bond acceptors (Lipinski definition) is 4. The van der Waals surface area contributed by atoms with Crippen molar-refractivity contribution in [2.75, 3.05) is 0 Å². The van der Waals surface area contributed by atoms with Gasteiger partial charge in [-0.2, -0.15) is 0 Å². The van der Waals surface area contributed by atoms with Crippen molar-refractivity contribution >= 4 is 75.1 Å². The highest BCUT2D eigenvalue weighted by Gasteiger charge is 2.24. The molecule has 0 spiro atoms.